The third-order valence-corrected chi connectivity index (χ3v) is 10.9. The Balaban J connectivity index is 0.00000427. The van der Waals surface area contributed by atoms with Gasteiger partial charge in [0.2, 0.25) is 0 Å². The molecule has 9 rings (SSSR count). The predicted octanol–water partition coefficient (Wildman–Crippen LogP) is 9.95. The van der Waals surface area contributed by atoms with E-state index in [2.05, 4.69) is 74.5 Å². The number of benzene rings is 4. The molecule has 7 aromatic rings. The second-order valence-corrected chi connectivity index (χ2v) is 13.9. The van der Waals surface area contributed by atoms with Crippen LogP contribution in [0.15, 0.2) is 97.1 Å². The van der Waals surface area contributed by atoms with Crippen LogP contribution in [0.2, 0.25) is 0 Å². The maximum absolute atomic E-state index is 12.4. The molecule has 0 saturated heterocycles. The first kappa shape index (κ1) is 36.0. The van der Waals surface area contributed by atoms with Crippen molar-refractivity contribution in [3.05, 3.63) is 120 Å². The summed E-state index contributed by atoms with van der Waals surface area (Å²) in [5.74, 6) is -0.549. The predicted molar refractivity (Wildman–Crippen MR) is 216 cm³/mol. The van der Waals surface area contributed by atoms with Crippen LogP contribution in [0.5, 0.6) is 0 Å². The van der Waals surface area contributed by atoms with Crippen LogP contribution in [0.25, 0.3) is 87.4 Å². The zero-order chi connectivity index (χ0) is 37.1. The molecule has 2 aliphatic heterocycles. The fraction of sp³-hybridized carbons (Fsp3) is 0.174. The molecule has 0 saturated carbocycles. The Bertz CT molecular complexity index is 2790. The Morgan fingerprint density at radius 1 is 0.527 bits per heavy atom. The van der Waals surface area contributed by atoms with Gasteiger partial charge in [0.05, 0.1) is 37.0 Å². The molecule has 0 atom stereocenters. The topological polar surface area (TPSA) is 107 Å². The number of allylic oxidation sites excluding steroid dienone is 4. The first-order valence-electron chi connectivity index (χ1n) is 18.1. The monoisotopic (exact) mass is 766 g/mol. The van der Waals surface area contributed by atoms with Crippen LogP contribution in [-0.4, -0.2) is 36.1 Å². The van der Waals surface area contributed by atoms with E-state index in [1.165, 1.54) is 14.2 Å². The van der Waals surface area contributed by atoms with Gasteiger partial charge in [0.25, 0.3) is 0 Å². The summed E-state index contributed by atoms with van der Waals surface area (Å²) in [6.07, 6.45) is 1.39. The smallest absolute Gasteiger partial charge is 0.657 e. The van der Waals surface area contributed by atoms with E-state index in [4.69, 9.17) is 29.4 Å². The molecule has 274 valence electrons. The molecule has 0 N–H and O–H groups in total. The molecular weight excluding hydrogens is 731 g/mol. The molecule has 2 aliphatic rings. The summed E-state index contributed by atoms with van der Waals surface area (Å²) in [6.45, 7) is 4.11. The van der Waals surface area contributed by atoms with Gasteiger partial charge in [-0.05, 0) is 92.1 Å². The summed E-state index contributed by atoms with van der Waals surface area (Å²) < 4.78 is 10.1. The van der Waals surface area contributed by atoms with E-state index in [9.17, 15) is 9.59 Å². The van der Waals surface area contributed by atoms with Crippen LogP contribution in [-0.2, 0) is 35.6 Å². The van der Waals surface area contributed by atoms with Crippen molar-refractivity contribution in [2.24, 2.45) is 0 Å². The fourth-order valence-electron chi connectivity index (χ4n) is 8.03. The third kappa shape index (κ3) is 6.19. The van der Waals surface area contributed by atoms with Crippen LogP contribution in [0, 0.1) is 0 Å². The largest absolute Gasteiger partial charge is 2.00 e. The molecule has 0 fully saturated rings. The fourth-order valence-corrected chi connectivity index (χ4v) is 8.03. The van der Waals surface area contributed by atoms with E-state index in [-0.39, 0.29) is 41.3 Å². The molecule has 5 heterocycles. The minimum Gasteiger partial charge on any atom is -0.657 e. The molecule has 8 nitrogen and oxygen atoms in total. The van der Waals surface area contributed by atoms with Crippen molar-refractivity contribution in [3.63, 3.8) is 0 Å². The second kappa shape index (κ2) is 14.3. The number of ether oxygens (including phenoxy) is 2. The molecule has 3 aromatic heterocycles. The number of hydrogen-bond donors (Lipinski definition) is 0. The molecule has 0 radical (unpaired) electrons. The standard InChI is InChI=1S/C46H36N4O4.Ni/c1-25-29(17-19-43(51)53-3)37-23-39-33-15-13-28-10-6-8-12-32(28)46(33)42(50-39)22-36-26(2)30(18-20-44(52)54-4)38(48-36)24-40-34-16-14-27-9-5-7-11-31(27)45(34)41(49-40)21-35(25)47-37;/h5-16,21-24H,17-20H2,1-4H3;/q-2;+2. The van der Waals surface area contributed by atoms with Gasteiger partial charge in [0.1, 0.15) is 0 Å². The molecular formula is C46H36N4NiO4. The Hall–Kier alpha value is -6.05. The molecule has 55 heavy (non-hydrogen) atoms. The average molecular weight is 768 g/mol. The summed E-state index contributed by atoms with van der Waals surface area (Å²) in [4.78, 5) is 45.9. The van der Waals surface area contributed by atoms with Crippen molar-refractivity contribution in [3.8, 4) is 0 Å². The molecule has 0 aliphatic carbocycles. The van der Waals surface area contributed by atoms with Crippen molar-refractivity contribution in [2.75, 3.05) is 14.2 Å². The summed E-state index contributed by atoms with van der Waals surface area (Å²) >= 11 is 0. The van der Waals surface area contributed by atoms with Crippen LogP contribution in [0.1, 0.15) is 62.3 Å². The summed E-state index contributed by atoms with van der Waals surface area (Å²) in [5, 5.41) is 8.45. The van der Waals surface area contributed by atoms with E-state index in [1.54, 1.807) is 0 Å². The summed E-state index contributed by atoms with van der Waals surface area (Å²) in [6, 6.07) is 33.3. The van der Waals surface area contributed by atoms with Crippen LogP contribution < -0.4 is 9.97 Å². The van der Waals surface area contributed by atoms with Crippen LogP contribution in [0.3, 0.4) is 0 Å². The van der Waals surface area contributed by atoms with Gasteiger partial charge < -0.3 is 19.4 Å². The Kier molecular flexibility index (Phi) is 9.35. The van der Waals surface area contributed by atoms with E-state index in [0.717, 1.165) is 110 Å². The number of rotatable bonds is 6. The van der Waals surface area contributed by atoms with Crippen molar-refractivity contribution in [1.82, 2.24) is 19.9 Å². The van der Waals surface area contributed by atoms with Crippen LogP contribution >= 0.6 is 0 Å². The van der Waals surface area contributed by atoms with E-state index in [0.29, 0.717) is 12.8 Å². The SMILES string of the molecule is COC(=O)CCC1=C(C)c2cc3[n-]c(cc4nc(cc5[n-]c(cc1n2)c1ccc2ccccc2c51)C(C)=C4CCC(=O)OC)c1ccc2ccccc2c31.[Ni+2]. The van der Waals surface area contributed by atoms with Gasteiger partial charge >= 0.3 is 28.4 Å². The number of aromatic nitrogens is 4. The number of carbonyl (C=O) groups is 2. The number of methoxy groups -OCH3 is 2. The Morgan fingerprint density at radius 3 is 1.35 bits per heavy atom. The molecule has 4 aromatic carbocycles. The summed E-state index contributed by atoms with van der Waals surface area (Å²) in [5.41, 5.74) is 10.1. The van der Waals surface area contributed by atoms with Gasteiger partial charge in [0.15, 0.2) is 0 Å². The van der Waals surface area contributed by atoms with Gasteiger partial charge in [0, 0.05) is 12.8 Å². The maximum atomic E-state index is 12.4. The van der Waals surface area contributed by atoms with Crippen molar-refractivity contribution < 1.29 is 35.6 Å². The normalized spacial score (nSPS) is 12.9. The molecule has 9 heteroatoms. The number of nitrogens with zero attached hydrogens (tertiary/aromatic N) is 4. The number of fused-ring (bicyclic) bond motifs is 18. The molecule has 0 amide bonds. The average Bonchev–Trinajstić information content (AvgIpc) is 3.90. The van der Waals surface area contributed by atoms with Crippen molar-refractivity contribution in [2.45, 2.75) is 39.5 Å². The van der Waals surface area contributed by atoms with Gasteiger partial charge in [-0.1, -0.05) is 97.1 Å². The first-order valence-corrected chi connectivity index (χ1v) is 18.1. The Labute approximate surface area is 327 Å². The molecule has 0 unspecified atom stereocenters. The number of carbonyl (C=O) groups excluding carboxylic acids is 2. The second-order valence-electron chi connectivity index (χ2n) is 13.9. The zero-order valence-electron chi connectivity index (χ0n) is 30.8. The Morgan fingerprint density at radius 2 is 0.927 bits per heavy atom. The first-order chi connectivity index (χ1) is 26.3. The van der Waals surface area contributed by atoms with Gasteiger partial charge in [-0.25, -0.2) is 9.97 Å². The molecule has 8 bridgehead atoms. The maximum Gasteiger partial charge on any atom is 2.00 e. The van der Waals surface area contributed by atoms with Gasteiger partial charge in [-0.3, -0.25) is 9.59 Å². The summed E-state index contributed by atoms with van der Waals surface area (Å²) in [7, 11) is 2.83. The van der Waals surface area contributed by atoms with E-state index < -0.39 is 0 Å². The van der Waals surface area contributed by atoms with Crippen molar-refractivity contribution in [1.29, 1.82) is 0 Å². The van der Waals surface area contributed by atoms with Crippen molar-refractivity contribution >= 4 is 99.4 Å². The molecule has 0 spiro atoms. The number of hydrogen-bond acceptors (Lipinski definition) is 6. The minimum absolute atomic E-state index is 0. The van der Waals surface area contributed by atoms with Gasteiger partial charge in [-0.15, -0.1) is 22.1 Å². The quantitative estimate of drug-likeness (QED) is 0.122. The number of esters is 2. The van der Waals surface area contributed by atoms with Crippen LogP contribution in [0.4, 0.5) is 0 Å². The zero-order valence-corrected chi connectivity index (χ0v) is 31.8. The van der Waals surface area contributed by atoms with E-state index >= 15 is 0 Å². The van der Waals surface area contributed by atoms with E-state index in [1.807, 2.05) is 36.4 Å². The third-order valence-electron chi connectivity index (χ3n) is 10.9. The van der Waals surface area contributed by atoms with Gasteiger partial charge in [-0.2, -0.15) is 0 Å². The minimum atomic E-state index is -0.274.